The van der Waals surface area contributed by atoms with Crippen LogP contribution in [-0.4, -0.2) is 40.2 Å². The van der Waals surface area contributed by atoms with Gasteiger partial charge in [0.15, 0.2) is 22.0 Å². The van der Waals surface area contributed by atoms with Crippen LogP contribution in [0.4, 0.5) is 0 Å². The molecule has 3 heterocycles. The second kappa shape index (κ2) is 18.7. The van der Waals surface area contributed by atoms with E-state index in [1.54, 1.807) is 133 Å². The Kier molecular flexibility index (Phi) is 7.40. The summed E-state index contributed by atoms with van der Waals surface area (Å²) in [5.74, 6) is -0.623. The quantitative estimate of drug-likeness (QED) is 0.0958. The van der Waals surface area contributed by atoms with Gasteiger partial charge in [-0.05, 0) is 65.7 Å². The highest BCUT2D eigenvalue weighted by Gasteiger charge is 2.46. The van der Waals surface area contributed by atoms with Gasteiger partial charge in [0, 0.05) is 27.1 Å². The van der Waals surface area contributed by atoms with Crippen LogP contribution in [0.15, 0.2) is 297 Å². The molecule has 3 aromatic heterocycles. The van der Waals surface area contributed by atoms with E-state index in [-0.39, 0.29) is 67.5 Å². The van der Waals surface area contributed by atoms with E-state index in [2.05, 4.69) is 0 Å². The van der Waals surface area contributed by atoms with Crippen LogP contribution in [0.25, 0.3) is 66.9 Å². The van der Waals surface area contributed by atoms with Gasteiger partial charge in [-0.3, -0.25) is 9.13 Å². The number of para-hydroxylation sites is 4. The van der Waals surface area contributed by atoms with E-state index in [1.807, 2.05) is 54.6 Å². The summed E-state index contributed by atoms with van der Waals surface area (Å²) in [6, 6.07) is 46.2. The number of hydrogen-bond donors (Lipinski definition) is 0. The topological polar surface area (TPSA) is 48.5 Å². The maximum atomic E-state index is 10.1. The molecule has 0 saturated carbocycles. The van der Waals surface area contributed by atoms with Crippen LogP contribution in [-0.2, 0) is 0 Å². The molecule has 14 rings (SSSR count). The smallest absolute Gasteiger partial charge is 0.240 e. The SMILES string of the molecule is [2H]c1c([2H])c([2H])c([Si](c2ccccc2)(c2ccccc2)c2cc(-c3nc(-n4c5ccccc5c5c([2H])c([2H])c([2H])c([2H])c54)nc(-n4c5ccccc5c5c([2H])c([2H])c([2H])c([2H])c54)n3)cc([Si](c3ccccc3)(c3ccccc3)c3c([2H])c([2H])c([2H])c([2H])c3[2H])c2)c([2H])c1[2H]. The fraction of sp³-hybridized carbons (Fsp3) is 0. The van der Waals surface area contributed by atoms with E-state index in [0.717, 1.165) is 0 Å². The van der Waals surface area contributed by atoms with Crippen LogP contribution in [0.5, 0.6) is 0 Å². The first-order valence-corrected chi connectivity index (χ1v) is 28.5. The van der Waals surface area contributed by atoms with E-state index in [9.17, 15) is 16.4 Å². The summed E-state index contributed by atoms with van der Waals surface area (Å²) in [7, 11) is -9.13. The molecule has 0 aliphatic carbocycles. The van der Waals surface area contributed by atoms with Gasteiger partial charge in [-0.2, -0.15) is 15.0 Å². The third-order valence-corrected chi connectivity index (χ3v) is 23.4. The Labute approximate surface area is 468 Å². The molecule has 0 fully saturated rings. The lowest BCUT2D eigenvalue weighted by Crippen LogP contribution is -2.78. The first kappa shape index (κ1) is 30.0. The van der Waals surface area contributed by atoms with Crippen LogP contribution < -0.4 is 41.5 Å². The lowest BCUT2D eigenvalue weighted by atomic mass is 10.2. The molecular formula is C69H49N5Si2. The number of hydrogen-bond acceptors (Lipinski definition) is 3. The number of fused-ring (bicyclic) bond motifs is 6. The first-order chi connectivity index (χ1) is 45.2. The van der Waals surface area contributed by atoms with Crippen LogP contribution in [0, 0.1) is 0 Å². The number of nitrogens with zero attached hydrogens (tertiary/aromatic N) is 5. The molecule has 358 valence electrons. The number of rotatable bonds is 11. The molecule has 0 amide bonds. The molecule has 0 spiro atoms. The molecule has 0 radical (unpaired) electrons. The van der Waals surface area contributed by atoms with Gasteiger partial charge in [-0.25, -0.2) is 0 Å². The summed E-state index contributed by atoms with van der Waals surface area (Å²) in [6.45, 7) is 0. The molecule has 0 saturated heterocycles. The summed E-state index contributed by atoms with van der Waals surface area (Å²) in [4.78, 5) is 16.0. The lowest BCUT2D eigenvalue weighted by molar-refractivity contribution is 0.893. The van der Waals surface area contributed by atoms with Crippen molar-refractivity contribution >= 4 is 101 Å². The first-order valence-electron chi connectivity index (χ1n) is 33.5. The number of aromatic nitrogens is 5. The summed E-state index contributed by atoms with van der Waals surface area (Å²) >= 11 is 0. The molecule has 0 N–H and O–H groups in total. The highest BCUT2D eigenvalue weighted by Crippen LogP contribution is 2.34. The van der Waals surface area contributed by atoms with Gasteiger partial charge in [-0.15, -0.1) is 0 Å². The minimum absolute atomic E-state index is 0.0181. The molecular weight excluding hydrogens is 955 g/mol. The predicted octanol–water partition coefficient (Wildman–Crippen LogP) is 10.5. The number of benzene rings is 11. The molecule has 0 aliphatic heterocycles. The Morgan fingerprint density at radius 2 is 0.618 bits per heavy atom. The van der Waals surface area contributed by atoms with Gasteiger partial charge < -0.3 is 0 Å². The minimum atomic E-state index is -4.56. The van der Waals surface area contributed by atoms with Crippen molar-refractivity contribution in [1.29, 1.82) is 0 Å². The summed E-state index contributed by atoms with van der Waals surface area (Å²) < 4.78 is 173. The second-order valence-electron chi connectivity index (χ2n) is 18.2. The highest BCUT2D eigenvalue weighted by molar-refractivity contribution is 7.22. The standard InChI is InChI=1S/C69H49N5Si2/c1-7-27-51(28-8-1)75(52-29-9-2-10-30-52,53-31-11-3-12-32-53)57-47-50(48-58(49-57)76(54-33-13-4-14-34-54,55-35-15-5-16-36-55)56-37-17-6-18-38-56)67-70-68(73-63-43-23-19-39-59(63)60-40-20-24-44-64(60)73)72-69(71-67)74-65-45-25-21-41-61(65)62-42-22-26-46-66(62)74/h1-49H/i1D,4D,7D,8D,13D,14D,19D,21D,23D,25D,27D,28D,33D,34D,39D,41D,43D,45D. The van der Waals surface area contributed by atoms with Crippen molar-refractivity contribution in [3.63, 3.8) is 0 Å². The van der Waals surface area contributed by atoms with Crippen molar-refractivity contribution < 1.29 is 24.7 Å². The molecule has 11 aromatic carbocycles. The van der Waals surface area contributed by atoms with Crippen LogP contribution >= 0.6 is 0 Å². The van der Waals surface area contributed by atoms with Crippen molar-refractivity contribution in [2.24, 2.45) is 0 Å². The minimum Gasteiger partial charge on any atom is -0.278 e. The van der Waals surface area contributed by atoms with Gasteiger partial charge in [-0.1, -0.05) is 273 Å². The van der Waals surface area contributed by atoms with Crippen molar-refractivity contribution in [3.05, 3.63) is 297 Å². The lowest BCUT2D eigenvalue weighted by Gasteiger charge is -2.38. The van der Waals surface area contributed by atoms with Gasteiger partial charge >= 0.3 is 0 Å². The molecule has 0 aliphatic rings. The van der Waals surface area contributed by atoms with Crippen molar-refractivity contribution in [2.75, 3.05) is 0 Å². The molecule has 5 nitrogen and oxygen atoms in total. The average Bonchev–Trinajstić information content (AvgIpc) is 0.876. The van der Waals surface area contributed by atoms with E-state index in [0.29, 0.717) is 52.9 Å². The summed E-state index contributed by atoms with van der Waals surface area (Å²) in [6.07, 6.45) is 0. The van der Waals surface area contributed by atoms with E-state index in [1.165, 1.54) is 9.13 Å². The Morgan fingerprint density at radius 1 is 0.276 bits per heavy atom. The normalized spacial score (nSPS) is 15.3. The molecule has 0 unspecified atom stereocenters. The van der Waals surface area contributed by atoms with E-state index in [4.69, 9.17) is 23.2 Å². The fourth-order valence-corrected chi connectivity index (χ4v) is 20.3. The Bertz CT molecular complexity index is 5040. The van der Waals surface area contributed by atoms with Crippen molar-refractivity contribution in [3.8, 4) is 23.3 Å². The maximum absolute atomic E-state index is 10.1. The monoisotopic (exact) mass is 1020 g/mol. The van der Waals surface area contributed by atoms with Crippen LogP contribution in [0.1, 0.15) is 24.7 Å². The van der Waals surface area contributed by atoms with Crippen LogP contribution in [0.3, 0.4) is 0 Å². The van der Waals surface area contributed by atoms with Crippen LogP contribution in [0.2, 0.25) is 0 Å². The summed E-state index contributed by atoms with van der Waals surface area (Å²) in [5, 5.41) is 3.92. The Morgan fingerprint density at radius 3 is 1.01 bits per heavy atom. The summed E-state index contributed by atoms with van der Waals surface area (Å²) in [5.41, 5.74) is 0.779. The van der Waals surface area contributed by atoms with E-state index >= 15 is 0 Å². The zero-order valence-electron chi connectivity index (χ0n) is 58.1. The van der Waals surface area contributed by atoms with Crippen molar-refractivity contribution in [2.45, 2.75) is 0 Å². The van der Waals surface area contributed by atoms with Gasteiger partial charge in [0.05, 0.1) is 46.7 Å². The molecule has 14 aromatic rings. The third-order valence-electron chi connectivity index (χ3n) is 14.3. The Balaban J connectivity index is 1.26. The molecule has 0 bridgehead atoms. The second-order valence-corrected chi connectivity index (χ2v) is 25.6. The fourth-order valence-electron chi connectivity index (χ4n) is 11.1. The van der Waals surface area contributed by atoms with E-state index < -0.39 is 113 Å². The van der Waals surface area contributed by atoms with Gasteiger partial charge in [0.25, 0.3) is 0 Å². The van der Waals surface area contributed by atoms with Gasteiger partial charge in [0.2, 0.25) is 11.9 Å². The third kappa shape index (κ3) is 7.16. The Hall–Kier alpha value is -9.54. The van der Waals surface area contributed by atoms with Crippen molar-refractivity contribution in [1.82, 2.24) is 24.1 Å². The average molecular weight is 1020 g/mol. The largest absolute Gasteiger partial charge is 0.278 e. The zero-order chi connectivity index (χ0) is 66.1. The zero-order valence-corrected chi connectivity index (χ0v) is 42.1. The molecule has 7 heteroatoms. The molecule has 76 heavy (non-hydrogen) atoms. The highest BCUT2D eigenvalue weighted by atomic mass is 28.3. The molecule has 0 atom stereocenters. The maximum Gasteiger partial charge on any atom is 0.240 e. The predicted molar refractivity (Wildman–Crippen MR) is 321 cm³/mol. The van der Waals surface area contributed by atoms with Gasteiger partial charge in [0.1, 0.15) is 0 Å².